The van der Waals surface area contributed by atoms with Crippen LogP contribution in [-0.4, -0.2) is 20.7 Å². The smallest absolute Gasteiger partial charge is 0.230 e. The molecule has 2 heterocycles. The molecule has 0 radical (unpaired) electrons. The van der Waals surface area contributed by atoms with E-state index in [1.807, 2.05) is 25.3 Å². The highest BCUT2D eigenvalue weighted by atomic mass is 32.1. The van der Waals surface area contributed by atoms with Gasteiger partial charge in [0.15, 0.2) is 0 Å². The molecule has 0 spiro atoms. The van der Waals surface area contributed by atoms with Gasteiger partial charge >= 0.3 is 0 Å². The molecule has 5 nitrogen and oxygen atoms in total. The second-order valence-corrected chi connectivity index (χ2v) is 6.00. The molecule has 1 amide bonds. The SMILES string of the molecule is Cc1cc(C)n(-c2nc(CC(=O)Nc3ccccc3F)cs2)n1. The first-order valence-electron chi connectivity index (χ1n) is 7.05. The van der Waals surface area contributed by atoms with Crippen LogP contribution in [0, 0.1) is 19.7 Å². The van der Waals surface area contributed by atoms with Crippen LogP contribution in [0.5, 0.6) is 0 Å². The van der Waals surface area contributed by atoms with Gasteiger partial charge < -0.3 is 5.32 Å². The number of hydrogen-bond donors (Lipinski definition) is 1. The van der Waals surface area contributed by atoms with Gasteiger partial charge in [-0.2, -0.15) is 5.10 Å². The summed E-state index contributed by atoms with van der Waals surface area (Å²) in [6.45, 7) is 3.87. The fourth-order valence-corrected chi connectivity index (χ4v) is 3.05. The van der Waals surface area contributed by atoms with Gasteiger partial charge in [0, 0.05) is 11.1 Å². The van der Waals surface area contributed by atoms with Crippen molar-refractivity contribution in [1.29, 1.82) is 0 Å². The minimum atomic E-state index is -0.456. The average Bonchev–Trinajstić information content (AvgIpc) is 3.07. The molecule has 118 valence electrons. The summed E-state index contributed by atoms with van der Waals surface area (Å²) in [4.78, 5) is 16.4. The number of para-hydroxylation sites is 1. The van der Waals surface area contributed by atoms with Gasteiger partial charge in [0.05, 0.1) is 23.5 Å². The molecular weight excluding hydrogens is 315 g/mol. The zero-order valence-corrected chi connectivity index (χ0v) is 13.5. The van der Waals surface area contributed by atoms with Crippen molar-refractivity contribution in [3.63, 3.8) is 0 Å². The summed E-state index contributed by atoms with van der Waals surface area (Å²) in [5, 5.41) is 9.44. The number of nitrogens with one attached hydrogen (secondary N) is 1. The summed E-state index contributed by atoms with van der Waals surface area (Å²) >= 11 is 1.42. The summed E-state index contributed by atoms with van der Waals surface area (Å²) in [6, 6.07) is 8.04. The van der Waals surface area contributed by atoms with E-state index >= 15 is 0 Å². The summed E-state index contributed by atoms with van der Waals surface area (Å²) in [5.41, 5.74) is 2.70. The van der Waals surface area contributed by atoms with Crippen molar-refractivity contribution >= 4 is 22.9 Å². The minimum Gasteiger partial charge on any atom is -0.323 e. The molecular formula is C16H15FN4OS. The number of aryl methyl sites for hydroxylation is 2. The summed E-state index contributed by atoms with van der Waals surface area (Å²) < 4.78 is 15.3. The molecule has 23 heavy (non-hydrogen) atoms. The predicted molar refractivity (Wildman–Crippen MR) is 87.4 cm³/mol. The van der Waals surface area contributed by atoms with Gasteiger partial charge in [0.1, 0.15) is 5.82 Å². The van der Waals surface area contributed by atoms with E-state index in [0.29, 0.717) is 10.8 Å². The summed E-state index contributed by atoms with van der Waals surface area (Å²) in [6.07, 6.45) is 0.0874. The van der Waals surface area contributed by atoms with Crippen LogP contribution in [0.2, 0.25) is 0 Å². The van der Waals surface area contributed by atoms with Crippen LogP contribution in [0.25, 0.3) is 5.13 Å². The molecule has 3 aromatic rings. The molecule has 0 unspecified atom stereocenters. The molecule has 3 rings (SSSR count). The van der Waals surface area contributed by atoms with E-state index in [4.69, 9.17) is 0 Å². The largest absolute Gasteiger partial charge is 0.323 e. The third-order valence-electron chi connectivity index (χ3n) is 3.22. The molecule has 2 aromatic heterocycles. The van der Waals surface area contributed by atoms with Crippen LogP contribution < -0.4 is 5.32 Å². The first kappa shape index (κ1) is 15.4. The zero-order chi connectivity index (χ0) is 16.4. The van der Waals surface area contributed by atoms with Crippen molar-refractivity contribution in [3.8, 4) is 5.13 Å². The Balaban J connectivity index is 1.71. The van der Waals surface area contributed by atoms with Gasteiger partial charge in [-0.1, -0.05) is 12.1 Å². The summed E-state index contributed by atoms with van der Waals surface area (Å²) in [7, 11) is 0. The maximum absolute atomic E-state index is 13.5. The number of nitrogens with zero attached hydrogens (tertiary/aromatic N) is 3. The first-order chi connectivity index (χ1) is 11.0. The van der Waals surface area contributed by atoms with Crippen LogP contribution in [-0.2, 0) is 11.2 Å². The van der Waals surface area contributed by atoms with Crippen molar-refractivity contribution < 1.29 is 9.18 Å². The minimum absolute atomic E-state index is 0.0874. The van der Waals surface area contributed by atoms with E-state index in [1.54, 1.807) is 16.8 Å². The van der Waals surface area contributed by atoms with Crippen molar-refractivity contribution in [2.75, 3.05) is 5.32 Å². The van der Waals surface area contributed by atoms with Crippen LogP contribution in [0.15, 0.2) is 35.7 Å². The molecule has 0 fully saturated rings. The van der Waals surface area contributed by atoms with Crippen LogP contribution >= 0.6 is 11.3 Å². The Morgan fingerprint density at radius 1 is 1.35 bits per heavy atom. The molecule has 0 aliphatic carbocycles. The molecule has 0 aliphatic rings. The lowest BCUT2D eigenvalue weighted by Gasteiger charge is -2.04. The number of carbonyl (C=O) groups is 1. The number of hydrogen-bond acceptors (Lipinski definition) is 4. The normalized spacial score (nSPS) is 10.7. The van der Waals surface area contributed by atoms with E-state index in [-0.39, 0.29) is 18.0 Å². The highest BCUT2D eigenvalue weighted by Gasteiger charge is 2.12. The molecule has 0 saturated heterocycles. The Bertz CT molecular complexity index is 855. The van der Waals surface area contributed by atoms with E-state index in [1.165, 1.54) is 23.5 Å². The summed E-state index contributed by atoms with van der Waals surface area (Å²) in [5.74, 6) is -0.761. The van der Waals surface area contributed by atoms with Gasteiger partial charge in [0.25, 0.3) is 0 Å². The number of carbonyl (C=O) groups excluding carboxylic acids is 1. The van der Waals surface area contributed by atoms with Gasteiger partial charge in [0.2, 0.25) is 11.0 Å². The lowest BCUT2D eigenvalue weighted by atomic mass is 10.2. The van der Waals surface area contributed by atoms with E-state index in [9.17, 15) is 9.18 Å². The molecule has 7 heteroatoms. The van der Waals surface area contributed by atoms with E-state index in [0.717, 1.165) is 11.4 Å². The fraction of sp³-hybridized carbons (Fsp3) is 0.188. The Kier molecular flexibility index (Phi) is 4.20. The Morgan fingerprint density at radius 2 is 2.13 bits per heavy atom. The highest BCUT2D eigenvalue weighted by molar-refractivity contribution is 7.12. The molecule has 0 saturated carbocycles. The van der Waals surface area contributed by atoms with E-state index < -0.39 is 5.82 Å². The van der Waals surface area contributed by atoms with Gasteiger partial charge in [-0.05, 0) is 32.0 Å². The number of rotatable bonds is 4. The van der Waals surface area contributed by atoms with Crippen LogP contribution in [0.3, 0.4) is 0 Å². The molecule has 0 atom stereocenters. The molecule has 1 aromatic carbocycles. The van der Waals surface area contributed by atoms with Gasteiger partial charge in [-0.25, -0.2) is 14.1 Å². The zero-order valence-electron chi connectivity index (χ0n) is 12.7. The topological polar surface area (TPSA) is 59.8 Å². The lowest BCUT2D eigenvalue weighted by Crippen LogP contribution is -2.15. The number of amides is 1. The quantitative estimate of drug-likeness (QED) is 0.799. The number of aromatic nitrogens is 3. The monoisotopic (exact) mass is 330 g/mol. The molecule has 1 N–H and O–H groups in total. The van der Waals surface area contributed by atoms with Crippen molar-refractivity contribution in [2.24, 2.45) is 0 Å². The maximum atomic E-state index is 13.5. The molecule has 0 bridgehead atoms. The third kappa shape index (κ3) is 3.45. The predicted octanol–water partition coefficient (Wildman–Crippen LogP) is 3.27. The Morgan fingerprint density at radius 3 is 2.83 bits per heavy atom. The first-order valence-corrected chi connectivity index (χ1v) is 7.93. The molecule has 0 aliphatic heterocycles. The second-order valence-electron chi connectivity index (χ2n) is 5.17. The third-order valence-corrected chi connectivity index (χ3v) is 4.09. The lowest BCUT2D eigenvalue weighted by molar-refractivity contribution is -0.115. The maximum Gasteiger partial charge on any atom is 0.230 e. The van der Waals surface area contributed by atoms with Gasteiger partial charge in [-0.3, -0.25) is 4.79 Å². The van der Waals surface area contributed by atoms with Crippen LogP contribution in [0.4, 0.5) is 10.1 Å². The van der Waals surface area contributed by atoms with Crippen molar-refractivity contribution in [1.82, 2.24) is 14.8 Å². The Labute approximate surface area is 136 Å². The highest BCUT2D eigenvalue weighted by Crippen LogP contribution is 2.18. The van der Waals surface area contributed by atoms with Crippen LogP contribution in [0.1, 0.15) is 17.1 Å². The average molecular weight is 330 g/mol. The van der Waals surface area contributed by atoms with Crippen molar-refractivity contribution in [3.05, 3.63) is 58.6 Å². The van der Waals surface area contributed by atoms with Crippen molar-refractivity contribution in [2.45, 2.75) is 20.3 Å². The van der Waals surface area contributed by atoms with Gasteiger partial charge in [-0.15, -0.1) is 11.3 Å². The number of halogens is 1. The Hall–Kier alpha value is -2.54. The van der Waals surface area contributed by atoms with E-state index in [2.05, 4.69) is 15.4 Å². The fourth-order valence-electron chi connectivity index (χ4n) is 2.22. The number of thiazole rings is 1. The number of anilines is 1. The standard InChI is InChI=1S/C16H15FN4OS/c1-10-7-11(2)21(20-10)16-18-12(9-23-16)8-15(22)19-14-6-4-3-5-13(14)17/h3-7,9H,8H2,1-2H3,(H,19,22). The number of benzene rings is 1. The second kappa shape index (κ2) is 6.29.